The van der Waals surface area contributed by atoms with Gasteiger partial charge in [-0.2, -0.15) is 0 Å². The summed E-state index contributed by atoms with van der Waals surface area (Å²) in [6.07, 6.45) is 2.72. The van der Waals surface area contributed by atoms with E-state index in [1.165, 1.54) is 0 Å². The zero-order valence-electron chi connectivity index (χ0n) is 14.4. The van der Waals surface area contributed by atoms with Crippen molar-refractivity contribution in [1.29, 1.82) is 0 Å². The van der Waals surface area contributed by atoms with Gasteiger partial charge in [0.2, 0.25) is 0 Å². The van der Waals surface area contributed by atoms with Crippen LogP contribution in [-0.4, -0.2) is 38.4 Å². The van der Waals surface area contributed by atoms with Crippen LogP contribution in [0.15, 0.2) is 24.5 Å². The average Bonchev–Trinajstić information content (AvgIpc) is 3.10. The van der Waals surface area contributed by atoms with Crippen LogP contribution >= 0.6 is 0 Å². The molecule has 1 aliphatic carbocycles. The summed E-state index contributed by atoms with van der Waals surface area (Å²) in [5.41, 5.74) is 2.80. The van der Waals surface area contributed by atoms with Crippen LogP contribution in [0.4, 0.5) is 0 Å². The van der Waals surface area contributed by atoms with E-state index < -0.39 is 6.10 Å². The van der Waals surface area contributed by atoms with Gasteiger partial charge in [-0.3, -0.25) is 4.79 Å². The maximum absolute atomic E-state index is 12.4. The van der Waals surface area contributed by atoms with E-state index in [4.69, 9.17) is 0 Å². The second kappa shape index (κ2) is 6.73. The lowest BCUT2D eigenvalue weighted by molar-refractivity contribution is 0.0916. The molecule has 0 unspecified atom stereocenters. The summed E-state index contributed by atoms with van der Waals surface area (Å²) in [6.45, 7) is 4.42. The molecular formula is C18H24N4O2. The van der Waals surface area contributed by atoms with Crippen LogP contribution in [-0.2, 0) is 7.05 Å². The molecule has 1 aliphatic rings. The molecule has 1 saturated carbocycles. The lowest BCUT2D eigenvalue weighted by Crippen LogP contribution is -2.32. The second-order valence-corrected chi connectivity index (χ2v) is 6.82. The monoisotopic (exact) mass is 328 g/mol. The zero-order chi connectivity index (χ0) is 17.3. The Morgan fingerprint density at radius 1 is 1.38 bits per heavy atom. The van der Waals surface area contributed by atoms with Gasteiger partial charge in [-0.05, 0) is 38.3 Å². The number of aryl methyl sites for hydroxylation is 3. The van der Waals surface area contributed by atoms with Gasteiger partial charge in [0.25, 0.3) is 5.91 Å². The minimum atomic E-state index is -0.425. The molecule has 0 radical (unpaired) electrons. The van der Waals surface area contributed by atoms with E-state index in [9.17, 15) is 9.90 Å². The highest BCUT2D eigenvalue weighted by Gasteiger charge is 2.36. The Hall–Kier alpha value is -2.21. The number of aromatic nitrogens is 3. The average molecular weight is 328 g/mol. The maximum Gasteiger partial charge on any atom is 0.251 e. The van der Waals surface area contributed by atoms with E-state index >= 15 is 0 Å². The first kappa shape index (κ1) is 16.6. The molecular weight excluding hydrogens is 304 g/mol. The first-order valence-corrected chi connectivity index (χ1v) is 8.33. The Morgan fingerprint density at radius 3 is 2.83 bits per heavy atom. The number of amides is 1. The summed E-state index contributed by atoms with van der Waals surface area (Å²) in [6, 6.07) is 5.80. The molecule has 0 spiro atoms. The number of hydrogen-bond acceptors (Lipinski definition) is 4. The fourth-order valence-corrected chi connectivity index (χ4v) is 3.58. The van der Waals surface area contributed by atoms with E-state index in [2.05, 4.69) is 15.5 Å². The molecule has 6 nitrogen and oxygen atoms in total. The summed E-state index contributed by atoms with van der Waals surface area (Å²) in [4.78, 5) is 12.4. The lowest BCUT2D eigenvalue weighted by Gasteiger charge is -2.16. The molecule has 128 valence electrons. The Morgan fingerprint density at radius 2 is 2.17 bits per heavy atom. The predicted octanol–water partition coefficient (Wildman–Crippen LogP) is 1.72. The van der Waals surface area contributed by atoms with Crippen LogP contribution < -0.4 is 5.32 Å². The fourth-order valence-electron chi connectivity index (χ4n) is 3.58. The first-order chi connectivity index (χ1) is 11.5. The van der Waals surface area contributed by atoms with Gasteiger partial charge in [0.05, 0.1) is 6.10 Å². The largest absolute Gasteiger partial charge is 0.393 e. The van der Waals surface area contributed by atoms with Crippen molar-refractivity contribution >= 4 is 5.91 Å². The quantitative estimate of drug-likeness (QED) is 0.895. The van der Waals surface area contributed by atoms with Crippen LogP contribution in [0.25, 0.3) is 0 Å². The van der Waals surface area contributed by atoms with Crippen molar-refractivity contribution in [3.8, 4) is 0 Å². The predicted molar refractivity (Wildman–Crippen MR) is 90.7 cm³/mol. The maximum atomic E-state index is 12.4. The molecule has 1 aromatic carbocycles. The summed E-state index contributed by atoms with van der Waals surface area (Å²) in [7, 11) is 1.91. The van der Waals surface area contributed by atoms with Crippen molar-refractivity contribution in [1.82, 2.24) is 20.1 Å². The molecule has 1 fully saturated rings. The van der Waals surface area contributed by atoms with E-state index in [-0.39, 0.29) is 17.7 Å². The van der Waals surface area contributed by atoms with Crippen molar-refractivity contribution in [3.63, 3.8) is 0 Å². The van der Waals surface area contributed by atoms with Crippen molar-refractivity contribution < 1.29 is 9.90 Å². The van der Waals surface area contributed by atoms with Crippen molar-refractivity contribution in [2.75, 3.05) is 6.54 Å². The minimum absolute atomic E-state index is 0.0430. The highest BCUT2D eigenvalue weighted by molar-refractivity contribution is 5.95. The Labute approximate surface area is 141 Å². The molecule has 0 aliphatic heterocycles. The van der Waals surface area contributed by atoms with Gasteiger partial charge in [-0.25, -0.2) is 0 Å². The van der Waals surface area contributed by atoms with E-state index in [1.807, 2.05) is 43.7 Å². The van der Waals surface area contributed by atoms with E-state index in [0.29, 0.717) is 18.5 Å². The van der Waals surface area contributed by atoms with Crippen LogP contribution in [0.5, 0.6) is 0 Å². The third-order valence-electron chi connectivity index (χ3n) is 4.92. The van der Waals surface area contributed by atoms with E-state index in [0.717, 1.165) is 23.4 Å². The summed E-state index contributed by atoms with van der Waals surface area (Å²) >= 11 is 0. The Balaban J connectivity index is 1.60. The zero-order valence-corrected chi connectivity index (χ0v) is 14.4. The van der Waals surface area contributed by atoms with Crippen LogP contribution in [0.1, 0.15) is 46.1 Å². The molecule has 2 aromatic rings. The second-order valence-electron chi connectivity index (χ2n) is 6.82. The lowest BCUT2D eigenvalue weighted by atomic mass is 10.0. The molecule has 3 rings (SSSR count). The molecule has 3 atom stereocenters. The molecule has 24 heavy (non-hydrogen) atoms. The number of aliphatic hydroxyl groups excluding tert-OH is 1. The van der Waals surface area contributed by atoms with Crippen molar-refractivity contribution in [3.05, 3.63) is 47.0 Å². The molecule has 0 bridgehead atoms. The number of benzene rings is 1. The Bertz CT molecular complexity index is 740. The van der Waals surface area contributed by atoms with Crippen molar-refractivity contribution in [2.45, 2.75) is 38.7 Å². The van der Waals surface area contributed by atoms with Gasteiger partial charge in [0.15, 0.2) is 0 Å². The molecule has 6 heteroatoms. The number of nitrogens with one attached hydrogen (secondary N) is 1. The third-order valence-corrected chi connectivity index (χ3v) is 4.92. The van der Waals surface area contributed by atoms with Crippen LogP contribution in [0, 0.1) is 19.8 Å². The number of carbonyl (C=O) groups excluding carboxylic acids is 1. The summed E-state index contributed by atoms with van der Waals surface area (Å²) in [5.74, 6) is 1.05. The van der Waals surface area contributed by atoms with Gasteiger partial charge in [-0.15, -0.1) is 10.2 Å². The van der Waals surface area contributed by atoms with Gasteiger partial charge in [0, 0.05) is 31.0 Å². The standard InChI is InChI=1S/C18H24N4O2/c1-11-4-5-15(12(2)6-11)18(24)19-9-14-7-13(8-16(14)23)17-21-20-10-22(17)3/h4-6,10,13-14,16,23H,7-9H2,1-3H3,(H,19,24)/t13-,14+,16+/m0/s1. The van der Waals surface area contributed by atoms with Crippen molar-refractivity contribution in [2.24, 2.45) is 13.0 Å². The van der Waals surface area contributed by atoms with Crippen LogP contribution in [0.2, 0.25) is 0 Å². The Kier molecular flexibility index (Phi) is 4.66. The molecule has 1 aromatic heterocycles. The number of nitrogens with zero attached hydrogens (tertiary/aromatic N) is 3. The minimum Gasteiger partial charge on any atom is -0.393 e. The topological polar surface area (TPSA) is 80.0 Å². The third kappa shape index (κ3) is 3.33. The highest BCUT2D eigenvalue weighted by Crippen LogP contribution is 2.37. The molecule has 1 amide bonds. The summed E-state index contributed by atoms with van der Waals surface area (Å²) in [5, 5.41) is 21.3. The number of carbonyl (C=O) groups is 1. The number of hydrogen-bond donors (Lipinski definition) is 2. The van der Waals surface area contributed by atoms with Gasteiger partial charge in [-0.1, -0.05) is 17.7 Å². The fraction of sp³-hybridized carbons (Fsp3) is 0.500. The molecule has 2 N–H and O–H groups in total. The highest BCUT2D eigenvalue weighted by atomic mass is 16.3. The summed E-state index contributed by atoms with van der Waals surface area (Å²) < 4.78 is 1.90. The SMILES string of the molecule is Cc1ccc(C(=O)NC[C@H]2C[C@H](c3nncn3C)C[C@H]2O)c(C)c1. The number of aliphatic hydroxyl groups is 1. The first-order valence-electron chi connectivity index (χ1n) is 8.33. The van der Waals surface area contributed by atoms with Gasteiger partial charge >= 0.3 is 0 Å². The normalized spacial score (nSPS) is 23.4. The van der Waals surface area contributed by atoms with E-state index in [1.54, 1.807) is 6.33 Å². The molecule has 0 saturated heterocycles. The number of rotatable bonds is 4. The van der Waals surface area contributed by atoms with Crippen LogP contribution in [0.3, 0.4) is 0 Å². The van der Waals surface area contributed by atoms with Gasteiger partial charge in [0.1, 0.15) is 12.2 Å². The molecule has 1 heterocycles. The van der Waals surface area contributed by atoms with Gasteiger partial charge < -0.3 is 15.0 Å². The smallest absolute Gasteiger partial charge is 0.251 e.